The van der Waals surface area contributed by atoms with Crippen LogP contribution >= 0.6 is 0 Å². The zero-order chi connectivity index (χ0) is 42.4. The predicted molar refractivity (Wildman–Crippen MR) is 265 cm³/mol. The van der Waals surface area contributed by atoms with Crippen LogP contribution in [0.4, 0.5) is 11.4 Å². The summed E-state index contributed by atoms with van der Waals surface area (Å²) in [7, 11) is 0. The molecule has 0 saturated carbocycles. The molecule has 0 saturated heterocycles. The maximum Gasteiger partial charge on any atom is 0.0713 e. The molecule has 11 rings (SSSR count). The molecule has 1 aliphatic carbocycles. The van der Waals surface area contributed by atoms with Crippen LogP contribution < -0.4 is 5.32 Å². The van der Waals surface area contributed by atoms with Crippen LogP contribution in [0, 0.1) is 0 Å². The van der Waals surface area contributed by atoms with Crippen molar-refractivity contribution in [2.75, 3.05) is 5.32 Å². The van der Waals surface area contributed by atoms with Gasteiger partial charge in [-0.3, -0.25) is 0 Å². The smallest absolute Gasteiger partial charge is 0.0713 e. The molecule has 62 heavy (non-hydrogen) atoms. The number of benzene rings is 10. The second-order valence-electron chi connectivity index (χ2n) is 19.4. The first-order valence-electron chi connectivity index (χ1n) is 22.1. The molecular formula is C61H51N. The van der Waals surface area contributed by atoms with E-state index in [1.165, 1.54) is 99.1 Å². The normalized spacial score (nSPS) is 13.5. The summed E-state index contributed by atoms with van der Waals surface area (Å²) in [6.07, 6.45) is 0. The van der Waals surface area contributed by atoms with Crippen molar-refractivity contribution in [3.8, 4) is 33.4 Å². The van der Waals surface area contributed by atoms with Crippen LogP contribution in [-0.2, 0) is 16.2 Å². The lowest BCUT2D eigenvalue weighted by molar-refractivity contribution is 0.590. The average molecular weight is 798 g/mol. The van der Waals surface area contributed by atoms with Crippen LogP contribution in [-0.4, -0.2) is 0 Å². The van der Waals surface area contributed by atoms with E-state index in [2.05, 4.69) is 241 Å². The average Bonchev–Trinajstić information content (AvgIpc) is 3.59. The van der Waals surface area contributed by atoms with Crippen molar-refractivity contribution in [3.63, 3.8) is 0 Å². The monoisotopic (exact) mass is 797 g/mol. The summed E-state index contributed by atoms with van der Waals surface area (Å²) in [6.45, 7) is 13.7. The van der Waals surface area contributed by atoms with Gasteiger partial charge >= 0.3 is 0 Å². The molecular weight excluding hydrogens is 747 g/mol. The molecule has 300 valence electrons. The van der Waals surface area contributed by atoms with Gasteiger partial charge in [0.15, 0.2) is 0 Å². The fourth-order valence-electron chi connectivity index (χ4n) is 10.5. The lowest BCUT2D eigenvalue weighted by Gasteiger charge is -2.34. The van der Waals surface area contributed by atoms with E-state index in [1.54, 1.807) is 0 Å². The van der Waals surface area contributed by atoms with Crippen LogP contribution in [0.5, 0.6) is 0 Å². The van der Waals surface area contributed by atoms with Gasteiger partial charge in [0.25, 0.3) is 0 Å². The fourth-order valence-corrected chi connectivity index (χ4v) is 10.5. The fraction of sp³-hybridized carbons (Fsp3) is 0.148. The van der Waals surface area contributed by atoms with E-state index in [0.29, 0.717) is 0 Å². The largest absolute Gasteiger partial charge is 0.354 e. The Balaban J connectivity index is 1.16. The van der Waals surface area contributed by atoms with Crippen molar-refractivity contribution in [1.82, 2.24) is 0 Å². The second kappa shape index (κ2) is 14.0. The molecule has 1 nitrogen and oxygen atoms in total. The van der Waals surface area contributed by atoms with E-state index in [9.17, 15) is 0 Å². The van der Waals surface area contributed by atoms with Crippen molar-refractivity contribution in [3.05, 3.63) is 228 Å². The first-order chi connectivity index (χ1) is 30.0. The second-order valence-corrected chi connectivity index (χ2v) is 19.4. The summed E-state index contributed by atoms with van der Waals surface area (Å²) in [5.74, 6) is 0. The predicted octanol–water partition coefficient (Wildman–Crippen LogP) is 16.6. The number of hydrogen-bond acceptors (Lipinski definition) is 1. The molecule has 0 bridgehead atoms. The molecule has 0 spiro atoms. The zero-order valence-electron chi connectivity index (χ0n) is 36.5. The van der Waals surface area contributed by atoms with Crippen LogP contribution in [0.2, 0.25) is 0 Å². The van der Waals surface area contributed by atoms with Gasteiger partial charge < -0.3 is 5.32 Å². The molecule has 1 aliphatic rings. The molecule has 0 fully saturated rings. The molecule has 0 aromatic heterocycles. The molecule has 10 aromatic rings. The highest BCUT2D eigenvalue weighted by Gasteiger charge is 2.45. The minimum Gasteiger partial charge on any atom is -0.354 e. The topological polar surface area (TPSA) is 12.0 Å². The summed E-state index contributed by atoms with van der Waals surface area (Å²) in [5, 5.41) is 11.7. The third-order valence-electron chi connectivity index (χ3n) is 13.6. The zero-order valence-corrected chi connectivity index (χ0v) is 36.5. The molecule has 0 unspecified atom stereocenters. The van der Waals surface area contributed by atoms with Crippen molar-refractivity contribution in [2.45, 2.75) is 57.8 Å². The van der Waals surface area contributed by atoms with Crippen LogP contribution in [0.15, 0.2) is 194 Å². The summed E-state index contributed by atoms with van der Waals surface area (Å²) in [4.78, 5) is 0. The standard InChI is InChI=1S/C61H51N/c1-59(2,3)43-29-23-41(24-30-43)55-50-37-27-39-15-14-16-40-28-38-51(57(50)54(39)40)58(56(55)42-25-31-44(32-26-42)60(4,5)6)62-47-35-33-46(34-36-47)61(45-17-8-7-9-18-45)52-21-12-10-19-48(52)49-20-11-13-22-53(49)61/h7-38,62H,1-6H3. The molecule has 1 N–H and O–H groups in total. The van der Waals surface area contributed by atoms with Gasteiger partial charge in [0.2, 0.25) is 0 Å². The number of anilines is 2. The SMILES string of the molecule is CC(C)(C)c1ccc(-c2c(Nc3ccc(C4(c5ccccc5)c5ccccc5-c5ccccc54)cc3)c3ccc4cccc5ccc(c2-c2ccc(C(C)(C)C)cc2)c3c45)cc1. The van der Waals surface area contributed by atoms with Crippen molar-refractivity contribution >= 4 is 43.7 Å². The molecule has 0 amide bonds. The van der Waals surface area contributed by atoms with Crippen LogP contribution in [0.25, 0.3) is 65.7 Å². The maximum atomic E-state index is 4.12. The Labute approximate surface area is 366 Å². The Bertz CT molecular complexity index is 3220. The van der Waals surface area contributed by atoms with Gasteiger partial charge in [0.05, 0.1) is 11.1 Å². The van der Waals surface area contributed by atoms with E-state index in [-0.39, 0.29) is 10.8 Å². The third kappa shape index (κ3) is 5.82. The van der Waals surface area contributed by atoms with Gasteiger partial charge in [-0.25, -0.2) is 0 Å². The summed E-state index contributed by atoms with van der Waals surface area (Å²) in [5.41, 5.74) is 17.1. The van der Waals surface area contributed by atoms with Crippen molar-refractivity contribution in [2.24, 2.45) is 0 Å². The van der Waals surface area contributed by atoms with E-state index in [4.69, 9.17) is 0 Å². The Morgan fingerprint density at radius 3 is 1.40 bits per heavy atom. The number of rotatable bonds is 6. The van der Waals surface area contributed by atoms with Gasteiger partial charge in [0.1, 0.15) is 0 Å². The quantitative estimate of drug-likeness (QED) is 0.165. The van der Waals surface area contributed by atoms with Gasteiger partial charge in [-0.2, -0.15) is 0 Å². The molecule has 0 radical (unpaired) electrons. The minimum atomic E-state index is -0.452. The first kappa shape index (κ1) is 38.0. The Kier molecular flexibility index (Phi) is 8.61. The first-order valence-corrected chi connectivity index (χ1v) is 22.1. The highest BCUT2D eigenvalue weighted by Crippen LogP contribution is 2.56. The Hall–Kier alpha value is -6.96. The van der Waals surface area contributed by atoms with E-state index >= 15 is 0 Å². The minimum absolute atomic E-state index is 0.0395. The number of hydrogen-bond donors (Lipinski definition) is 1. The van der Waals surface area contributed by atoms with Crippen LogP contribution in [0.3, 0.4) is 0 Å². The highest BCUT2D eigenvalue weighted by molar-refractivity contribution is 6.31. The van der Waals surface area contributed by atoms with E-state index < -0.39 is 5.41 Å². The van der Waals surface area contributed by atoms with Gasteiger partial charge in [-0.15, -0.1) is 0 Å². The summed E-state index contributed by atoms with van der Waals surface area (Å²) < 4.78 is 0. The summed E-state index contributed by atoms with van der Waals surface area (Å²) in [6, 6.07) is 73.0. The third-order valence-corrected chi connectivity index (χ3v) is 13.6. The lowest BCUT2D eigenvalue weighted by Crippen LogP contribution is -2.28. The van der Waals surface area contributed by atoms with E-state index in [1.807, 2.05) is 0 Å². The lowest BCUT2D eigenvalue weighted by atomic mass is 9.68. The Morgan fingerprint density at radius 1 is 0.371 bits per heavy atom. The maximum absolute atomic E-state index is 4.12. The number of fused-ring (bicyclic) bond motifs is 3. The molecule has 0 aliphatic heterocycles. The van der Waals surface area contributed by atoms with E-state index in [0.717, 1.165) is 11.4 Å². The van der Waals surface area contributed by atoms with Crippen LogP contribution in [0.1, 0.15) is 74.9 Å². The van der Waals surface area contributed by atoms with Gasteiger partial charge in [-0.05, 0) is 106 Å². The summed E-state index contributed by atoms with van der Waals surface area (Å²) >= 11 is 0. The number of nitrogens with one attached hydrogen (secondary N) is 1. The Morgan fingerprint density at radius 2 is 0.855 bits per heavy atom. The molecule has 0 heterocycles. The molecule has 1 heteroatoms. The highest BCUT2D eigenvalue weighted by atomic mass is 14.9. The molecule has 0 atom stereocenters. The molecule has 10 aromatic carbocycles. The van der Waals surface area contributed by atoms with Gasteiger partial charge in [-0.1, -0.05) is 224 Å². The van der Waals surface area contributed by atoms with Crippen molar-refractivity contribution < 1.29 is 0 Å². The van der Waals surface area contributed by atoms with Crippen molar-refractivity contribution in [1.29, 1.82) is 0 Å². The van der Waals surface area contributed by atoms with Gasteiger partial charge in [0, 0.05) is 22.0 Å².